The van der Waals surface area contributed by atoms with Gasteiger partial charge in [-0.05, 0) is 68.4 Å². The number of anilines is 1. The van der Waals surface area contributed by atoms with Crippen LogP contribution < -0.4 is 10.1 Å². The Balaban J connectivity index is 1.34. The van der Waals surface area contributed by atoms with Gasteiger partial charge < -0.3 is 9.47 Å². The van der Waals surface area contributed by atoms with Crippen LogP contribution in [0.25, 0.3) is 0 Å². The van der Waals surface area contributed by atoms with Crippen molar-refractivity contribution in [3.05, 3.63) is 58.1 Å². The molecule has 4 rings (SSSR count). The van der Waals surface area contributed by atoms with Crippen molar-refractivity contribution in [1.29, 1.82) is 0 Å². The maximum absolute atomic E-state index is 14.3. The van der Waals surface area contributed by atoms with Gasteiger partial charge in [0.05, 0.1) is 11.9 Å². The second-order valence-corrected chi connectivity index (χ2v) is 9.98. The summed E-state index contributed by atoms with van der Waals surface area (Å²) >= 11 is 1.19. The summed E-state index contributed by atoms with van der Waals surface area (Å²) in [6, 6.07) is 4.45. The van der Waals surface area contributed by atoms with Crippen LogP contribution in [0.5, 0.6) is 5.75 Å². The van der Waals surface area contributed by atoms with Crippen molar-refractivity contribution in [3.63, 3.8) is 0 Å². The molecule has 3 aromatic rings. The molecule has 1 aliphatic rings. The lowest BCUT2D eigenvalue weighted by atomic mass is 9.79. The highest BCUT2D eigenvalue weighted by Gasteiger charge is 2.33. The van der Waals surface area contributed by atoms with Gasteiger partial charge in [0.25, 0.3) is 5.91 Å². The fourth-order valence-corrected chi connectivity index (χ4v) is 5.30. The predicted octanol–water partition coefficient (Wildman–Crippen LogP) is 5.52. The summed E-state index contributed by atoms with van der Waals surface area (Å²) in [5.74, 6) is -1.57. The first-order valence-corrected chi connectivity index (χ1v) is 12.4. The van der Waals surface area contributed by atoms with E-state index in [-0.39, 0.29) is 5.13 Å². The number of aryl methyl sites for hydroxylation is 1. The van der Waals surface area contributed by atoms with E-state index in [1.54, 1.807) is 6.20 Å². The minimum absolute atomic E-state index is 0.189. The van der Waals surface area contributed by atoms with E-state index in [0.717, 1.165) is 67.3 Å². The van der Waals surface area contributed by atoms with Gasteiger partial charge in [0.2, 0.25) is 5.13 Å². The standard InChI is InChI=1S/C24H25F4N5O3S/c1-13-9-19(31-29-12-13)15-5-3-14(4-6-15)10-20-32-33-23(37-20)30-22(34)21(35-2)17-11-16(7-8-18(17)25)36-24(26,27)28/h7-9,11-12,14-15,21H,3-6,10H2,1-2H3,(H,30,33,34)/t14?,15?,21-/m0/s1. The van der Waals surface area contributed by atoms with Crippen LogP contribution in [0.1, 0.15) is 59.5 Å². The van der Waals surface area contributed by atoms with Gasteiger partial charge in [-0.2, -0.15) is 10.2 Å². The number of hydrogen-bond acceptors (Lipinski definition) is 8. The zero-order valence-corrected chi connectivity index (χ0v) is 20.9. The molecule has 0 aliphatic heterocycles. The first-order valence-electron chi connectivity index (χ1n) is 11.6. The molecule has 0 bridgehead atoms. The summed E-state index contributed by atoms with van der Waals surface area (Å²) in [5.41, 5.74) is 1.72. The fraction of sp³-hybridized carbons (Fsp3) is 0.458. The monoisotopic (exact) mass is 539 g/mol. The van der Waals surface area contributed by atoms with Crippen molar-refractivity contribution in [2.75, 3.05) is 12.4 Å². The molecule has 198 valence electrons. The Morgan fingerprint density at radius 3 is 2.59 bits per heavy atom. The number of ether oxygens (including phenoxy) is 2. The lowest BCUT2D eigenvalue weighted by Crippen LogP contribution is -2.24. The van der Waals surface area contributed by atoms with E-state index in [0.29, 0.717) is 18.3 Å². The highest BCUT2D eigenvalue weighted by Crippen LogP contribution is 2.37. The molecule has 0 spiro atoms. The first-order chi connectivity index (χ1) is 17.6. The van der Waals surface area contributed by atoms with E-state index in [1.807, 2.05) is 6.92 Å². The molecule has 1 atom stereocenters. The Kier molecular flexibility index (Phi) is 8.32. The van der Waals surface area contributed by atoms with Crippen LogP contribution in [0.4, 0.5) is 22.7 Å². The summed E-state index contributed by atoms with van der Waals surface area (Å²) in [6.07, 6.45) is -0.0238. The Hall–Kier alpha value is -3.19. The number of nitrogens with one attached hydrogen (secondary N) is 1. The molecule has 2 aromatic heterocycles. The Morgan fingerprint density at radius 1 is 1.16 bits per heavy atom. The van der Waals surface area contributed by atoms with E-state index >= 15 is 0 Å². The van der Waals surface area contributed by atoms with Crippen LogP contribution in [0, 0.1) is 18.7 Å². The SMILES string of the molecule is CO[C@H](C(=O)Nc1nnc(CC2CCC(c3cc(C)cnn3)CC2)s1)c1cc(OC(F)(F)F)ccc1F. The summed E-state index contributed by atoms with van der Waals surface area (Å²) < 4.78 is 60.8. The Labute approximate surface area is 214 Å². The molecule has 1 fully saturated rings. The highest BCUT2D eigenvalue weighted by atomic mass is 32.1. The summed E-state index contributed by atoms with van der Waals surface area (Å²) in [6.45, 7) is 2.00. The molecule has 8 nitrogen and oxygen atoms in total. The van der Waals surface area contributed by atoms with Crippen molar-refractivity contribution in [2.45, 2.75) is 57.4 Å². The van der Waals surface area contributed by atoms with Crippen LogP contribution in [0.2, 0.25) is 0 Å². The van der Waals surface area contributed by atoms with Gasteiger partial charge in [0.1, 0.15) is 16.6 Å². The number of rotatable bonds is 8. The van der Waals surface area contributed by atoms with Gasteiger partial charge in [-0.15, -0.1) is 23.4 Å². The van der Waals surface area contributed by atoms with Gasteiger partial charge in [0.15, 0.2) is 6.10 Å². The molecule has 1 aromatic carbocycles. The maximum atomic E-state index is 14.3. The van der Waals surface area contributed by atoms with E-state index < -0.39 is 35.5 Å². The number of aromatic nitrogens is 4. The van der Waals surface area contributed by atoms with E-state index in [9.17, 15) is 22.4 Å². The number of nitrogens with zero attached hydrogens (tertiary/aromatic N) is 4. The van der Waals surface area contributed by atoms with E-state index in [1.165, 1.54) is 11.3 Å². The minimum Gasteiger partial charge on any atom is -0.406 e. The number of alkyl halides is 3. The highest BCUT2D eigenvalue weighted by molar-refractivity contribution is 7.15. The van der Waals surface area contributed by atoms with Crippen molar-refractivity contribution in [2.24, 2.45) is 5.92 Å². The first kappa shape index (κ1) is 26.9. The van der Waals surface area contributed by atoms with Crippen molar-refractivity contribution in [1.82, 2.24) is 20.4 Å². The molecule has 1 saturated carbocycles. The molecule has 0 radical (unpaired) electrons. The maximum Gasteiger partial charge on any atom is 0.573 e. The molecule has 0 saturated heterocycles. The van der Waals surface area contributed by atoms with Gasteiger partial charge in [-0.3, -0.25) is 10.1 Å². The van der Waals surface area contributed by atoms with Crippen LogP contribution in [-0.2, 0) is 16.0 Å². The van der Waals surface area contributed by atoms with Crippen molar-refractivity contribution in [3.8, 4) is 5.75 Å². The summed E-state index contributed by atoms with van der Waals surface area (Å²) in [5, 5.41) is 19.9. The normalized spacial score (nSPS) is 18.9. The molecule has 2 heterocycles. The van der Waals surface area contributed by atoms with Crippen molar-refractivity contribution >= 4 is 22.4 Å². The van der Waals surface area contributed by atoms with Gasteiger partial charge in [0, 0.05) is 25.0 Å². The zero-order valence-electron chi connectivity index (χ0n) is 20.1. The average molecular weight is 540 g/mol. The Bertz CT molecular complexity index is 1230. The molecule has 0 unspecified atom stereocenters. The van der Waals surface area contributed by atoms with Crippen molar-refractivity contribution < 1.29 is 31.8 Å². The number of carbonyl (C=O) groups excluding carboxylic acids is 1. The third kappa shape index (κ3) is 7.19. The van der Waals surface area contributed by atoms with E-state index in [2.05, 4.69) is 36.5 Å². The number of halogens is 4. The zero-order chi connectivity index (χ0) is 26.6. The number of hydrogen-bond donors (Lipinski definition) is 1. The lowest BCUT2D eigenvalue weighted by molar-refractivity contribution is -0.274. The number of amides is 1. The van der Waals surface area contributed by atoms with Crippen LogP contribution >= 0.6 is 11.3 Å². The summed E-state index contributed by atoms with van der Waals surface area (Å²) in [7, 11) is 1.14. The number of carbonyl (C=O) groups is 1. The summed E-state index contributed by atoms with van der Waals surface area (Å²) in [4.78, 5) is 12.7. The quantitative estimate of drug-likeness (QED) is 0.377. The molecule has 1 amide bonds. The minimum atomic E-state index is -4.96. The second-order valence-electron chi connectivity index (χ2n) is 8.92. The average Bonchev–Trinajstić information content (AvgIpc) is 3.27. The topological polar surface area (TPSA) is 99.1 Å². The third-order valence-electron chi connectivity index (χ3n) is 6.19. The molecular weight excluding hydrogens is 514 g/mol. The second kappa shape index (κ2) is 11.5. The van der Waals surface area contributed by atoms with Crippen LogP contribution in [0.15, 0.2) is 30.5 Å². The van der Waals surface area contributed by atoms with Crippen LogP contribution in [-0.4, -0.2) is 39.8 Å². The largest absolute Gasteiger partial charge is 0.573 e. The smallest absolute Gasteiger partial charge is 0.406 e. The Morgan fingerprint density at radius 2 is 1.92 bits per heavy atom. The van der Waals surface area contributed by atoms with Gasteiger partial charge in [-0.1, -0.05) is 11.3 Å². The molecule has 13 heteroatoms. The van der Waals surface area contributed by atoms with Crippen LogP contribution in [0.3, 0.4) is 0 Å². The number of methoxy groups -OCH3 is 1. The fourth-order valence-electron chi connectivity index (χ4n) is 4.45. The molecule has 1 aliphatic carbocycles. The predicted molar refractivity (Wildman–Crippen MR) is 127 cm³/mol. The molecular formula is C24H25F4N5O3S. The lowest BCUT2D eigenvalue weighted by Gasteiger charge is -2.27. The molecule has 1 N–H and O–H groups in total. The third-order valence-corrected chi connectivity index (χ3v) is 7.05. The number of benzene rings is 1. The van der Waals surface area contributed by atoms with Gasteiger partial charge >= 0.3 is 6.36 Å². The molecule has 37 heavy (non-hydrogen) atoms. The van der Waals surface area contributed by atoms with Gasteiger partial charge in [-0.25, -0.2) is 4.39 Å². The van der Waals surface area contributed by atoms with E-state index in [4.69, 9.17) is 4.74 Å².